The van der Waals surface area contributed by atoms with E-state index in [9.17, 15) is 8.42 Å². The van der Waals surface area contributed by atoms with Crippen LogP contribution in [0.25, 0.3) is 11.3 Å². The van der Waals surface area contributed by atoms with Crippen LogP contribution in [0.4, 0.5) is 0 Å². The normalized spacial score (nSPS) is 12.1. The minimum absolute atomic E-state index is 0.143. The van der Waals surface area contributed by atoms with Gasteiger partial charge in [0.2, 0.25) is 20.6 Å². The molecule has 0 amide bonds. The molecule has 0 atom stereocenters. The summed E-state index contributed by atoms with van der Waals surface area (Å²) in [5.41, 5.74) is 0.512. The highest BCUT2D eigenvalue weighted by molar-refractivity contribution is 7.90. The van der Waals surface area contributed by atoms with E-state index in [1.54, 1.807) is 0 Å². The first kappa shape index (κ1) is 8.05. The Morgan fingerprint density at radius 2 is 2.23 bits per heavy atom. The molecule has 8 heteroatoms. The summed E-state index contributed by atoms with van der Waals surface area (Å²) in [6.07, 6.45) is 2.27. The van der Waals surface area contributed by atoms with E-state index >= 15 is 0 Å². The van der Waals surface area contributed by atoms with Crippen molar-refractivity contribution in [2.45, 2.75) is 5.16 Å². The van der Waals surface area contributed by atoms with Crippen LogP contribution in [-0.4, -0.2) is 39.8 Å². The van der Waals surface area contributed by atoms with E-state index in [0.29, 0.717) is 5.65 Å². The van der Waals surface area contributed by atoms with Gasteiger partial charge in [-0.05, 0) is 0 Å². The van der Waals surface area contributed by atoms with Gasteiger partial charge in [0.25, 0.3) is 0 Å². The van der Waals surface area contributed by atoms with Gasteiger partial charge in [-0.2, -0.15) is 4.98 Å². The van der Waals surface area contributed by atoms with Gasteiger partial charge in [-0.15, -0.1) is 10.2 Å². The lowest BCUT2D eigenvalue weighted by molar-refractivity contribution is 0.595. The first-order chi connectivity index (χ1) is 6.07. The van der Waals surface area contributed by atoms with E-state index in [1.807, 2.05) is 0 Å². The maximum Gasteiger partial charge on any atom is 0.228 e. The molecule has 0 bridgehead atoms. The number of H-pyrrole nitrogens is 1. The predicted molar refractivity (Wildman–Crippen MR) is 42.6 cm³/mol. The Labute approximate surface area is 73.2 Å². The second-order valence-electron chi connectivity index (χ2n) is 2.45. The second kappa shape index (κ2) is 2.46. The van der Waals surface area contributed by atoms with Crippen LogP contribution >= 0.6 is 0 Å². The Balaban J connectivity index is 2.77. The van der Waals surface area contributed by atoms with Crippen LogP contribution in [-0.2, 0) is 9.84 Å². The van der Waals surface area contributed by atoms with Crippen LogP contribution < -0.4 is 0 Å². The number of hydrogen-bond donors (Lipinski definition) is 1. The number of rotatable bonds is 1. The van der Waals surface area contributed by atoms with Gasteiger partial charge in [-0.3, -0.25) is 0 Å². The lowest BCUT2D eigenvalue weighted by Gasteiger charge is -1.86. The fourth-order valence-electron chi connectivity index (χ4n) is 0.834. The van der Waals surface area contributed by atoms with E-state index in [-0.39, 0.29) is 10.8 Å². The molecule has 2 rings (SSSR count). The van der Waals surface area contributed by atoms with Crippen molar-refractivity contribution in [1.82, 2.24) is 25.1 Å². The van der Waals surface area contributed by atoms with Crippen LogP contribution in [0.2, 0.25) is 0 Å². The topological polar surface area (TPSA) is 101 Å². The number of imidazole rings is 1. The summed E-state index contributed by atoms with van der Waals surface area (Å²) < 4.78 is 22.1. The highest BCUT2D eigenvalue weighted by Crippen LogP contribution is 2.07. The van der Waals surface area contributed by atoms with E-state index in [1.165, 1.54) is 6.33 Å². The standard InChI is InChI=1S/C5H5N5O2S/c1-13(11,12)5-8-3-4(9-5)10-7-2-6-3/h2H,1H3,(H,6,7,8,9,10). The van der Waals surface area contributed by atoms with E-state index in [2.05, 4.69) is 25.1 Å². The molecular weight excluding hydrogens is 194 g/mol. The zero-order chi connectivity index (χ0) is 9.47. The molecule has 0 aromatic carbocycles. The Hall–Kier alpha value is -1.57. The van der Waals surface area contributed by atoms with Gasteiger partial charge >= 0.3 is 0 Å². The van der Waals surface area contributed by atoms with Crippen molar-refractivity contribution in [3.05, 3.63) is 6.33 Å². The fraction of sp³-hybridized carbons (Fsp3) is 0.200. The molecule has 0 aliphatic heterocycles. The minimum atomic E-state index is -3.34. The molecule has 0 spiro atoms. The summed E-state index contributed by atoms with van der Waals surface area (Å²) in [5, 5.41) is 6.92. The van der Waals surface area contributed by atoms with Gasteiger partial charge in [-0.1, -0.05) is 0 Å². The molecule has 13 heavy (non-hydrogen) atoms. The molecule has 2 heterocycles. The van der Waals surface area contributed by atoms with Crippen molar-refractivity contribution in [2.75, 3.05) is 6.26 Å². The van der Waals surface area contributed by atoms with Gasteiger partial charge in [0.1, 0.15) is 6.33 Å². The van der Waals surface area contributed by atoms with Crippen LogP contribution in [0.5, 0.6) is 0 Å². The smallest absolute Gasteiger partial charge is 0.228 e. The third kappa shape index (κ3) is 1.35. The number of sulfone groups is 1. The average Bonchev–Trinajstić information content (AvgIpc) is 2.45. The first-order valence-electron chi connectivity index (χ1n) is 3.31. The number of aromatic amines is 1. The summed E-state index contributed by atoms with van der Waals surface area (Å²) in [7, 11) is -3.34. The number of nitrogens with zero attached hydrogens (tertiary/aromatic N) is 4. The summed E-state index contributed by atoms with van der Waals surface area (Å²) in [6.45, 7) is 0. The first-order valence-corrected chi connectivity index (χ1v) is 5.20. The van der Waals surface area contributed by atoms with Crippen LogP contribution in [0.1, 0.15) is 0 Å². The van der Waals surface area contributed by atoms with Gasteiger partial charge in [0.15, 0.2) is 5.65 Å². The van der Waals surface area contributed by atoms with Crippen molar-refractivity contribution < 1.29 is 8.42 Å². The molecule has 0 radical (unpaired) electrons. The van der Waals surface area contributed by atoms with Crippen molar-refractivity contribution in [2.24, 2.45) is 0 Å². The average molecular weight is 199 g/mol. The number of nitrogens with one attached hydrogen (secondary N) is 1. The molecule has 0 fully saturated rings. The molecule has 2 aromatic rings. The van der Waals surface area contributed by atoms with Crippen molar-refractivity contribution >= 4 is 21.1 Å². The molecule has 0 aliphatic carbocycles. The molecule has 0 saturated heterocycles. The van der Waals surface area contributed by atoms with Crippen molar-refractivity contribution in [3.8, 4) is 0 Å². The van der Waals surface area contributed by atoms with Crippen LogP contribution in [0.3, 0.4) is 0 Å². The molecule has 2 aromatic heterocycles. The quantitative estimate of drug-likeness (QED) is 0.642. The SMILES string of the molecule is CS(=O)(=O)c1nc2nncnc2[nH]1. The van der Waals surface area contributed by atoms with E-state index in [0.717, 1.165) is 6.26 Å². The molecule has 7 nitrogen and oxygen atoms in total. The molecule has 0 saturated carbocycles. The summed E-state index contributed by atoms with van der Waals surface area (Å²) >= 11 is 0. The van der Waals surface area contributed by atoms with Crippen molar-refractivity contribution in [3.63, 3.8) is 0 Å². The summed E-state index contributed by atoms with van der Waals surface area (Å²) in [5.74, 6) is 0. The molecule has 0 aliphatic rings. The second-order valence-corrected chi connectivity index (χ2v) is 4.38. The molecule has 68 valence electrons. The molecule has 1 N–H and O–H groups in total. The Morgan fingerprint density at radius 1 is 1.46 bits per heavy atom. The van der Waals surface area contributed by atoms with Gasteiger partial charge in [0, 0.05) is 6.26 Å². The van der Waals surface area contributed by atoms with Crippen LogP contribution in [0, 0.1) is 0 Å². The zero-order valence-electron chi connectivity index (χ0n) is 6.59. The highest BCUT2D eigenvalue weighted by atomic mass is 32.2. The maximum absolute atomic E-state index is 11.0. The maximum atomic E-state index is 11.0. The van der Waals surface area contributed by atoms with E-state index in [4.69, 9.17) is 0 Å². The Kier molecular flexibility index (Phi) is 1.52. The third-order valence-electron chi connectivity index (χ3n) is 1.39. The van der Waals surface area contributed by atoms with Gasteiger partial charge in [-0.25, -0.2) is 13.4 Å². The fourth-order valence-corrected chi connectivity index (χ4v) is 1.37. The Bertz CT molecular complexity index is 512. The lowest BCUT2D eigenvalue weighted by atomic mass is 10.7. The highest BCUT2D eigenvalue weighted by Gasteiger charge is 2.13. The molecular formula is C5H5N5O2S. The lowest BCUT2D eigenvalue weighted by Crippen LogP contribution is -1.98. The summed E-state index contributed by atoms with van der Waals surface area (Å²) in [6, 6.07) is 0. The van der Waals surface area contributed by atoms with Crippen LogP contribution in [0.15, 0.2) is 11.5 Å². The minimum Gasteiger partial charge on any atom is -0.312 e. The monoisotopic (exact) mass is 199 g/mol. The molecule has 0 unspecified atom stereocenters. The van der Waals surface area contributed by atoms with Gasteiger partial charge < -0.3 is 4.98 Å². The predicted octanol–water partition coefficient (Wildman–Crippen LogP) is -0.849. The van der Waals surface area contributed by atoms with Crippen molar-refractivity contribution in [1.29, 1.82) is 0 Å². The third-order valence-corrected chi connectivity index (χ3v) is 2.28. The van der Waals surface area contributed by atoms with E-state index < -0.39 is 9.84 Å². The van der Waals surface area contributed by atoms with Gasteiger partial charge in [0.05, 0.1) is 0 Å². The number of hydrogen-bond acceptors (Lipinski definition) is 6. The largest absolute Gasteiger partial charge is 0.312 e. The zero-order valence-corrected chi connectivity index (χ0v) is 7.41. The number of fused-ring (bicyclic) bond motifs is 1. The summed E-state index contributed by atoms with van der Waals surface area (Å²) in [4.78, 5) is 9.99. The number of aromatic nitrogens is 5. The Morgan fingerprint density at radius 3 is 2.85 bits per heavy atom.